The van der Waals surface area contributed by atoms with Crippen LogP contribution in [0.2, 0.25) is 0 Å². The van der Waals surface area contributed by atoms with Crippen molar-refractivity contribution in [3.8, 4) is 0 Å². The molecular weight excluding hydrogens is 342 g/mol. The molecule has 0 radical (unpaired) electrons. The summed E-state index contributed by atoms with van der Waals surface area (Å²) in [5.41, 5.74) is 0. The number of imide groups is 1. The minimum absolute atomic E-state index is 0. The van der Waals surface area contributed by atoms with Gasteiger partial charge in [0.05, 0.1) is 11.8 Å². The third kappa shape index (κ3) is 9.15. The number of carbonyl (C=O) groups excluding carboxylic acids is 3. The largest absolute Gasteiger partial charge is 2.00 e. The van der Waals surface area contributed by atoms with Crippen molar-refractivity contribution in [2.45, 2.75) is 13.8 Å². The number of nitrogens with zero attached hydrogens (tertiary/aromatic N) is 1. The average Bonchev–Trinajstić information content (AvgIpc) is 2.36. The standard InChI is InChI=1S/C4H3NO2.C4H7O.W/c6-3-1-2-4(7)5-3;1-4(2)3-5;/h1-2H,(H,5,6,7);4H,1-2H3;/q;-1;+2/p-1. The maximum Gasteiger partial charge on any atom is 2.00 e. The summed E-state index contributed by atoms with van der Waals surface area (Å²) in [5, 5.41) is 3.00. The van der Waals surface area contributed by atoms with Crippen LogP contribution in [0.25, 0.3) is 5.32 Å². The molecule has 1 rings (SSSR count). The van der Waals surface area contributed by atoms with Crippen LogP contribution in [0.5, 0.6) is 0 Å². The Bertz CT molecular complexity index is 207. The first-order valence-corrected chi connectivity index (χ1v) is 3.41. The first-order valence-electron chi connectivity index (χ1n) is 3.41. The summed E-state index contributed by atoms with van der Waals surface area (Å²) in [5.74, 6) is -0.829. The molecule has 0 spiro atoms. The number of amides is 2. The summed E-state index contributed by atoms with van der Waals surface area (Å²) in [6.07, 6.45) is 4.06. The zero-order chi connectivity index (χ0) is 9.56. The molecule has 1 heterocycles. The predicted octanol–water partition coefficient (Wildman–Crippen LogP) is 0.733. The monoisotopic (exact) mass is 351 g/mol. The van der Waals surface area contributed by atoms with E-state index < -0.39 is 11.8 Å². The number of carbonyl (C=O) groups is 2. The maximum absolute atomic E-state index is 9.98. The van der Waals surface area contributed by atoms with Crippen molar-refractivity contribution in [1.29, 1.82) is 0 Å². The molecule has 0 atom stereocenters. The summed E-state index contributed by atoms with van der Waals surface area (Å²) in [6, 6.07) is 0. The molecule has 0 aromatic rings. The first kappa shape index (κ1) is 14.7. The van der Waals surface area contributed by atoms with Gasteiger partial charge in [0.15, 0.2) is 0 Å². The van der Waals surface area contributed by atoms with Crippen molar-refractivity contribution in [3.63, 3.8) is 0 Å². The van der Waals surface area contributed by atoms with Crippen LogP contribution in [0, 0.1) is 5.92 Å². The quantitative estimate of drug-likeness (QED) is 0.517. The molecule has 0 bridgehead atoms. The van der Waals surface area contributed by atoms with E-state index in [1.807, 2.05) is 0 Å². The Kier molecular flexibility index (Phi) is 8.92. The smallest absolute Gasteiger partial charge is 0.589 e. The summed E-state index contributed by atoms with van der Waals surface area (Å²) < 4.78 is 0. The molecule has 0 aromatic heterocycles. The normalized spacial score (nSPS) is 12.8. The number of hydrogen-bond donors (Lipinski definition) is 0. The van der Waals surface area contributed by atoms with Gasteiger partial charge in [0, 0.05) is 0 Å². The fraction of sp³-hybridized carbons (Fsp3) is 0.375. The van der Waals surface area contributed by atoms with E-state index in [0.717, 1.165) is 12.2 Å². The topological polar surface area (TPSA) is 65.3 Å². The molecule has 1 aliphatic rings. The van der Waals surface area contributed by atoms with Crippen molar-refractivity contribution in [3.05, 3.63) is 17.5 Å². The van der Waals surface area contributed by atoms with E-state index in [1.54, 1.807) is 20.1 Å². The molecule has 0 aliphatic carbocycles. The van der Waals surface area contributed by atoms with Gasteiger partial charge in [0.1, 0.15) is 0 Å². The summed E-state index contributed by atoms with van der Waals surface area (Å²) in [6.45, 7) is 3.60. The first-order chi connectivity index (χ1) is 5.56. The Labute approximate surface area is 91.0 Å². The molecule has 1 aliphatic heterocycles. The molecule has 4 nitrogen and oxygen atoms in total. The van der Waals surface area contributed by atoms with Gasteiger partial charge in [0.2, 0.25) is 0 Å². The molecule has 0 fully saturated rings. The van der Waals surface area contributed by atoms with Gasteiger partial charge in [-0.3, -0.25) is 6.29 Å². The number of rotatable bonds is 1. The van der Waals surface area contributed by atoms with Crippen molar-refractivity contribution < 1.29 is 35.4 Å². The fourth-order valence-corrected chi connectivity index (χ4v) is 0.326. The van der Waals surface area contributed by atoms with E-state index in [9.17, 15) is 14.4 Å². The average molecular weight is 351 g/mol. The minimum atomic E-state index is -0.454. The van der Waals surface area contributed by atoms with Crippen LogP contribution in [0.3, 0.4) is 0 Å². The Morgan fingerprint density at radius 3 is 1.62 bits per heavy atom. The van der Waals surface area contributed by atoms with E-state index >= 15 is 0 Å². The fourth-order valence-electron chi connectivity index (χ4n) is 0.326. The van der Waals surface area contributed by atoms with Crippen LogP contribution in [0.15, 0.2) is 12.2 Å². The van der Waals surface area contributed by atoms with Crippen LogP contribution < -0.4 is 0 Å². The van der Waals surface area contributed by atoms with Crippen LogP contribution in [-0.4, -0.2) is 18.1 Å². The SMILES string of the molecule is CC(C)[C-]=O.O=C1C=CC(=O)[N-]1.[W+2]. The maximum atomic E-state index is 9.98. The van der Waals surface area contributed by atoms with E-state index in [-0.39, 0.29) is 27.0 Å². The van der Waals surface area contributed by atoms with Crippen molar-refractivity contribution in [2.75, 3.05) is 0 Å². The second-order valence-electron chi connectivity index (χ2n) is 2.39. The number of hydrogen-bond acceptors (Lipinski definition) is 3. The third-order valence-electron chi connectivity index (χ3n) is 0.825. The Morgan fingerprint density at radius 1 is 1.23 bits per heavy atom. The van der Waals surface area contributed by atoms with Crippen molar-refractivity contribution in [1.82, 2.24) is 0 Å². The molecule has 70 valence electrons. The zero-order valence-electron chi connectivity index (χ0n) is 7.31. The summed E-state index contributed by atoms with van der Waals surface area (Å²) in [7, 11) is 0. The van der Waals surface area contributed by atoms with E-state index in [4.69, 9.17) is 0 Å². The molecule has 5 heteroatoms. The van der Waals surface area contributed by atoms with Gasteiger partial charge in [-0.05, 0) is 12.2 Å². The molecule has 2 amide bonds. The van der Waals surface area contributed by atoms with Crippen molar-refractivity contribution >= 4 is 18.1 Å². The third-order valence-corrected chi connectivity index (χ3v) is 0.825. The minimum Gasteiger partial charge on any atom is -0.589 e. The molecule has 0 saturated heterocycles. The van der Waals surface area contributed by atoms with Crippen LogP contribution in [-0.2, 0) is 35.4 Å². The second-order valence-corrected chi connectivity index (χ2v) is 2.39. The molecule has 0 saturated carbocycles. The Balaban J connectivity index is 0. The molecule has 13 heavy (non-hydrogen) atoms. The Hall–Kier alpha value is -0.762. The van der Waals surface area contributed by atoms with Crippen LogP contribution in [0.4, 0.5) is 0 Å². The Morgan fingerprint density at radius 2 is 1.54 bits per heavy atom. The van der Waals surface area contributed by atoms with Gasteiger partial charge in [-0.25, -0.2) is 0 Å². The van der Waals surface area contributed by atoms with E-state index in [0.29, 0.717) is 0 Å². The van der Waals surface area contributed by atoms with E-state index in [1.165, 1.54) is 0 Å². The van der Waals surface area contributed by atoms with Crippen LogP contribution in [0.1, 0.15) is 13.8 Å². The van der Waals surface area contributed by atoms with Gasteiger partial charge in [-0.1, -0.05) is 13.8 Å². The summed E-state index contributed by atoms with van der Waals surface area (Å²) in [4.78, 5) is 29.3. The molecular formula is C8H9NO3W. The molecule has 0 N–H and O–H groups in total. The predicted molar refractivity (Wildman–Crippen MR) is 43.0 cm³/mol. The van der Waals surface area contributed by atoms with Crippen LogP contribution >= 0.6 is 0 Å². The van der Waals surface area contributed by atoms with Gasteiger partial charge >= 0.3 is 21.1 Å². The zero-order valence-corrected chi connectivity index (χ0v) is 10.2. The van der Waals surface area contributed by atoms with Gasteiger partial charge in [-0.2, -0.15) is 0 Å². The van der Waals surface area contributed by atoms with Gasteiger partial charge in [0.25, 0.3) is 0 Å². The van der Waals surface area contributed by atoms with Gasteiger partial charge < -0.3 is 19.7 Å². The summed E-state index contributed by atoms with van der Waals surface area (Å²) >= 11 is 0. The van der Waals surface area contributed by atoms with Crippen molar-refractivity contribution in [2.24, 2.45) is 5.92 Å². The molecule has 0 aromatic carbocycles. The van der Waals surface area contributed by atoms with Gasteiger partial charge in [-0.15, -0.1) is 5.92 Å². The molecule has 0 unspecified atom stereocenters. The van der Waals surface area contributed by atoms with E-state index in [2.05, 4.69) is 5.32 Å². The second kappa shape index (κ2) is 7.87.